The first-order valence-electron chi connectivity index (χ1n) is 8.43. The van der Waals surface area contributed by atoms with Crippen molar-refractivity contribution in [3.63, 3.8) is 0 Å². The first kappa shape index (κ1) is 15.5. The Kier molecular flexibility index (Phi) is 3.58. The summed E-state index contributed by atoms with van der Waals surface area (Å²) in [5.41, 5.74) is 2.00. The average molecular weight is 302 g/mol. The second-order valence-electron chi connectivity index (χ2n) is 7.66. The van der Waals surface area contributed by atoms with Crippen LogP contribution in [0.25, 0.3) is 0 Å². The monoisotopic (exact) mass is 302 g/mol. The van der Waals surface area contributed by atoms with Crippen molar-refractivity contribution in [1.82, 2.24) is 0 Å². The molecule has 0 radical (unpaired) electrons. The first-order valence-corrected chi connectivity index (χ1v) is 8.43. The number of carbonyl (C=O) groups excluding carboxylic acids is 2. The molecule has 0 amide bonds. The Hall–Kier alpha value is -1.38. The van der Waals surface area contributed by atoms with Gasteiger partial charge in [-0.05, 0) is 63.4 Å². The van der Waals surface area contributed by atoms with Gasteiger partial charge in [0.1, 0.15) is 0 Å². The lowest BCUT2D eigenvalue weighted by molar-refractivity contribution is -0.161. The summed E-state index contributed by atoms with van der Waals surface area (Å²) in [5, 5.41) is 0. The van der Waals surface area contributed by atoms with Crippen LogP contribution in [0.1, 0.15) is 53.9 Å². The maximum absolute atomic E-state index is 12.6. The molecule has 22 heavy (non-hydrogen) atoms. The Bertz CT molecular complexity index is 594. The van der Waals surface area contributed by atoms with Gasteiger partial charge < -0.3 is 4.74 Å². The number of Topliss-reactive ketones (excluding diaryl/α,β-unsaturated/α-hetero) is 1. The number of carbonyl (C=O) groups is 2. The van der Waals surface area contributed by atoms with Gasteiger partial charge in [-0.1, -0.05) is 25.5 Å². The lowest BCUT2D eigenvalue weighted by Gasteiger charge is -2.47. The van der Waals surface area contributed by atoms with Crippen molar-refractivity contribution < 1.29 is 14.3 Å². The highest BCUT2D eigenvalue weighted by molar-refractivity contribution is 6.03. The van der Waals surface area contributed by atoms with Crippen molar-refractivity contribution in [2.45, 2.75) is 59.5 Å². The molecule has 3 aliphatic rings. The zero-order valence-electron chi connectivity index (χ0n) is 14.2. The molecule has 0 saturated heterocycles. The number of allylic oxidation sites excluding steroid dienone is 1. The van der Waals surface area contributed by atoms with Crippen molar-refractivity contribution in [3.8, 4) is 0 Å². The second kappa shape index (κ2) is 5.07. The minimum absolute atomic E-state index is 0.0145. The smallest absolute Gasteiger partial charge is 0.335 e. The van der Waals surface area contributed by atoms with Crippen LogP contribution in [0.4, 0.5) is 0 Å². The molecule has 3 nitrogen and oxygen atoms in total. The Morgan fingerprint density at radius 2 is 1.91 bits per heavy atom. The van der Waals surface area contributed by atoms with Gasteiger partial charge in [0.2, 0.25) is 0 Å². The van der Waals surface area contributed by atoms with Crippen LogP contribution in [0, 0.1) is 23.7 Å². The van der Waals surface area contributed by atoms with E-state index in [0.29, 0.717) is 11.8 Å². The van der Waals surface area contributed by atoms with Crippen LogP contribution in [-0.4, -0.2) is 17.4 Å². The topological polar surface area (TPSA) is 43.4 Å². The molecule has 1 fully saturated rings. The zero-order valence-corrected chi connectivity index (χ0v) is 14.2. The highest BCUT2D eigenvalue weighted by atomic mass is 16.6. The molecular formula is C19H26O3. The predicted octanol–water partition coefficient (Wildman–Crippen LogP) is 3.84. The molecule has 120 valence electrons. The third-order valence-electron chi connectivity index (χ3n) is 5.83. The van der Waals surface area contributed by atoms with Crippen LogP contribution in [0.3, 0.4) is 0 Å². The summed E-state index contributed by atoms with van der Waals surface area (Å²) >= 11 is 0. The van der Waals surface area contributed by atoms with Gasteiger partial charge in [0, 0.05) is 11.5 Å². The van der Waals surface area contributed by atoms with E-state index in [1.807, 2.05) is 13.8 Å². The molecule has 1 saturated carbocycles. The molecule has 5 atom stereocenters. The molecule has 0 N–H and O–H groups in total. The number of hydrogen-bond acceptors (Lipinski definition) is 3. The van der Waals surface area contributed by atoms with Crippen molar-refractivity contribution in [2.75, 3.05) is 0 Å². The van der Waals surface area contributed by atoms with Gasteiger partial charge in [-0.3, -0.25) is 4.79 Å². The van der Waals surface area contributed by atoms with E-state index < -0.39 is 5.60 Å². The lowest BCUT2D eigenvalue weighted by Crippen LogP contribution is -2.53. The van der Waals surface area contributed by atoms with E-state index in [2.05, 4.69) is 19.9 Å². The van der Waals surface area contributed by atoms with Crippen molar-refractivity contribution in [2.24, 2.45) is 23.7 Å². The molecule has 3 rings (SSSR count). The number of hydrogen-bond donors (Lipinski definition) is 0. The minimum Gasteiger partial charge on any atom is -0.442 e. The summed E-state index contributed by atoms with van der Waals surface area (Å²) in [6.07, 6.45) is 5.13. The van der Waals surface area contributed by atoms with Gasteiger partial charge in [-0.25, -0.2) is 4.79 Å². The maximum Gasteiger partial charge on any atom is 0.335 e. The molecule has 0 bridgehead atoms. The molecule has 0 aromatic rings. The molecule has 1 aliphatic heterocycles. The summed E-state index contributed by atoms with van der Waals surface area (Å²) in [6.45, 7) is 10.0. The molecule has 5 unspecified atom stereocenters. The maximum atomic E-state index is 12.6. The number of esters is 1. The standard InChI is InChI=1S/C19H26O3/c1-10(2)8-14-9-12(4)15-7-6-11(3)16-17(15)19(14,13(5)20)22-18(16)21/h8,11-12,14-15H,6-7,9H2,1-5H3. The fourth-order valence-corrected chi connectivity index (χ4v) is 4.91. The quantitative estimate of drug-likeness (QED) is 0.575. The van der Waals surface area contributed by atoms with E-state index >= 15 is 0 Å². The molecule has 0 spiro atoms. The SMILES string of the molecule is CC(=O)C12OC(=O)C3=C1C(CCC3C)C(C)CC2C=C(C)C. The van der Waals surface area contributed by atoms with E-state index in [0.717, 1.165) is 30.4 Å². The highest BCUT2D eigenvalue weighted by Gasteiger charge is 2.62. The molecule has 2 aliphatic carbocycles. The van der Waals surface area contributed by atoms with Crippen molar-refractivity contribution in [1.29, 1.82) is 0 Å². The van der Waals surface area contributed by atoms with E-state index in [1.165, 1.54) is 5.57 Å². The Morgan fingerprint density at radius 1 is 1.23 bits per heavy atom. The second-order valence-corrected chi connectivity index (χ2v) is 7.66. The van der Waals surface area contributed by atoms with Gasteiger partial charge in [-0.2, -0.15) is 0 Å². The molecular weight excluding hydrogens is 276 g/mol. The zero-order chi connectivity index (χ0) is 16.2. The van der Waals surface area contributed by atoms with Gasteiger partial charge in [0.15, 0.2) is 11.4 Å². The van der Waals surface area contributed by atoms with E-state index in [1.54, 1.807) is 6.92 Å². The normalized spacial score (nSPS) is 40.1. The average Bonchev–Trinajstić information content (AvgIpc) is 2.73. The minimum atomic E-state index is -1.02. The largest absolute Gasteiger partial charge is 0.442 e. The summed E-state index contributed by atoms with van der Waals surface area (Å²) in [4.78, 5) is 25.2. The van der Waals surface area contributed by atoms with E-state index in [4.69, 9.17) is 4.74 Å². The summed E-state index contributed by atoms with van der Waals surface area (Å²) in [7, 11) is 0. The van der Waals surface area contributed by atoms with E-state index in [-0.39, 0.29) is 23.6 Å². The van der Waals surface area contributed by atoms with Crippen molar-refractivity contribution >= 4 is 11.8 Å². The molecule has 1 heterocycles. The lowest BCUT2D eigenvalue weighted by atomic mass is 9.57. The number of rotatable bonds is 2. The van der Waals surface area contributed by atoms with Crippen LogP contribution in [0.2, 0.25) is 0 Å². The van der Waals surface area contributed by atoms with Crippen LogP contribution in [0.15, 0.2) is 22.8 Å². The molecule has 0 aromatic carbocycles. The highest BCUT2D eigenvalue weighted by Crippen LogP contribution is 2.57. The summed E-state index contributed by atoms with van der Waals surface area (Å²) in [6, 6.07) is 0. The number of ketones is 1. The van der Waals surface area contributed by atoms with Crippen molar-refractivity contribution in [3.05, 3.63) is 22.8 Å². The fraction of sp³-hybridized carbons (Fsp3) is 0.684. The third-order valence-corrected chi connectivity index (χ3v) is 5.83. The molecule has 3 heteroatoms. The van der Waals surface area contributed by atoms with Crippen LogP contribution in [-0.2, 0) is 14.3 Å². The van der Waals surface area contributed by atoms with Gasteiger partial charge in [0.25, 0.3) is 0 Å². The summed E-state index contributed by atoms with van der Waals surface area (Å²) < 4.78 is 5.85. The van der Waals surface area contributed by atoms with Crippen LogP contribution >= 0.6 is 0 Å². The van der Waals surface area contributed by atoms with Crippen LogP contribution < -0.4 is 0 Å². The Balaban J connectivity index is 2.24. The fourth-order valence-electron chi connectivity index (χ4n) is 4.91. The third kappa shape index (κ3) is 1.94. The predicted molar refractivity (Wildman–Crippen MR) is 85.1 cm³/mol. The summed E-state index contributed by atoms with van der Waals surface area (Å²) in [5.74, 6) is 0.729. The van der Waals surface area contributed by atoms with E-state index in [9.17, 15) is 9.59 Å². The van der Waals surface area contributed by atoms with Gasteiger partial charge >= 0.3 is 5.97 Å². The Morgan fingerprint density at radius 3 is 2.50 bits per heavy atom. The van der Waals surface area contributed by atoms with Crippen LogP contribution in [0.5, 0.6) is 0 Å². The first-order chi connectivity index (χ1) is 10.3. The molecule has 0 aromatic heterocycles. The van der Waals surface area contributed by atoms with Gasteiger partial charge in [-0.15, -0.1) is 0 Å². The Labute approximate surface area is 132 Å². The van der Waals surface area contributed by atoms with Gasteiger partial charge in [0.05, 0.1) is 0 Å². The number of ether oxygens (including phenoxy) is 1.